The van der Waals surface area contributed by atoms with Gasteiger partial charge in [-0.1, -0.05) is 27.5 Å². The monoisotopic (exact) mass is 374 g/mol. The number of hydrogen-bond donors (Lipinski definition) is 1. The molecule has 1 aromatic heterocycles. The number of halogens is 3. The zero-order chi connectivity index (χ0) is 12.4. The van der Waals surface area contributed by atoms with Crippen molar-refractivity contribution >= 4 is 55.0 Å². The van der Waals surface area contributed by atoms with Gasteiger partial charge in [0.05, 0.1) is 10.7 Å². The Kier molecular flexibility index (Phi) is 4.07. The summed E-state index contributed by atoms with van der Waals surface area (Å²) in [7, 11) is 0. The van der Waals surface area contributed by atoms with Crippen LogP contribution >= 0.6 is 43.5 Å². The first kappa shape index (κ1) is 12.9. The molecule has 0 amide bonds. The van der Waals surface area contributed by atoms with Crippen molar-refractivity contribution in [3.8, 4) is 0 Å². The van der Waals surface area contributed by atoms with Crippen LogP contribution in [0.25, 0.3) is 0 Å². The molecule has 0 unspecified atom stereocenters. The lowest BCUT2D eigenvalue weighted by Gasteiger charge is -2.09. The van der Waals surface area contributed by atoms with Gasteiger partial charge in [-0.3, -0.25) is 0 Å². The summed E-state index contributed by atoms with van der Waals surface area (Å²) in [5.41, 5.74) is 1.95. The standard InChI is InChI=1S/C12H9Br2ClN2/c1-7-4-12(16-6-9(7)14)17-11-5-8(13)2-3-10(11)15/h2-6H,1H3,(H,16,17). The minimum atomic E-state index is 0.663. The molecule has 88 valence electrons. The molecule has 2 rings (SSSR count). The molecule has 0 fully saturated rings. The molecule has 0 aliphatic rings. The number of aryl methyl sites for hydroxylation is 1. The third kappa shape index (κ3) is 3.21. The second-order valence-electron chi connectivity index (χ2n) is 3.57. The maximum atomic E-state index is 6.10. The van der Waals surface area contributed by atoms with Crippen molar-refractivity contribution in [2.45, 2.75) is 6.92 Å². The van der Waals surface area contributed by atoms with Gasteiger partial charge < -0.3 is 5.32 Å². The highest BCUT2D eigenvalue weighted by Gasteiger charge is 2.04. The highest BCUT2D eigenvalue weighted by molar-refractivity contribution is 9.10. The van der Waals surface area contributed by atoms with Gasteiger partial charge in [0.15, 0.2) is 0 Å². The Morgan fingerprint density at radius 1 is 1.24 bits per heavy atom. The van der Waals surface area contributed by atoms with Gasteiger partial charge in [0.25, 0.3) is 0 Å². The highest BCUT2D eigenvalue weighted by Crippen LogP contribution is 2.28. The van der Waals surface area contributed by atoms with Crippen LogP contribution < -0.4 is 5.32 Å². The molecule has 1 aromatic carbocycles. The van der Waals surface area contributed by atoms with Gasteiger partial charge in [-0.25, -0.2) is 4.98 Å². The predicted octanol–water partition coefficient (Wildman–Crippen LogP) is 5.31. The lowest BCUT2D eigenvalue weighted by Crippen LogP contribution is -1.95. The third-order valence-electron chi connectivity index (χ3n) is 2.24. The summed E-state index contributed by atoms with van der Waals surface area (Å²) >= 11 is 12.9. The van der Waals surface area contributed by atoms with Crippen molar-refractivity contribution in [1.82, 2.24) is 4.98 Å². The van der Waals surface area contributed by atoms with E-state index in [0.29, 0.717) is 5.02 Å². The van der Waals surface area contributed by atoms with Gasteiger partial charge in [0.1, 0.15) is 5.82 Å². The van der Waals surface area contributed by atoms with Crippen LogP contribution in [0.3, 0.4) is 0 Å². The van der Waals surface area contributed by atoms with E-state index < -0.39 is 0 Å². The number of anilines is 2. The summed E-state index contributed by atoms with van der Waals surface area (Å²) < 4.78 is 1.96. The average Bonchev–Trinajstić information content (AvgIpc) is 2.29. The summed E-state index contributed by atoms with van der Waals surface area (Å²) in [5.74, 6) is 0.769. The van der Waals surface area contributed by atoms with Crippen LogP contribution in [0.2, 0.25) is 5.02 Å². The molecule has 5 heteroatoms. The third-order valence-corrected chi connectivity index (χ3v) is 3.89. The van der Waals surface area contributed by atoms with Crippen LogP contribution in [0.15, 0.2) is 39.4 Å². The smallest absolute Gasteiger partial charge is 0.130 e. The van der Waals surface area contributed by atoms with Gasteiger partial charge in [0.2, 0.25) is 0 Å². The number of hydrogen-bond acceptors (Lipinski definition) is 2. The SMILES string of the molecule is Cc1cc(Nc2cc(Br)ccc2Cl)ncc1Br. The molecule has 0 saturated carbocycles. The van der Waals surface area contributed by atoms with Crippen LogP contribution in [0, 0.1) is 6.92 Å². The van der Waals surface area contributed by atoms with Crippen LogP contribution in [-0.2, 0) is 0 Å². The van der Waals surface area contributed by atoms with E-state index in [9.17, 15) is 0 Å². The van der Waals surface area contributed by atoms with Crippen molar-refractivity contribution in [3.05, 3.63) is 50.0 Å². The maximum absolute atomic E-state index is 6.10. The van der Waals surface area contributed by atoms with Gasteiger partial charge in [0, 0.05) is 15.1 Å². The fourth-order valence-electron chi connectivity index (χ4n) is 1.34. The lowest BCUT2D eigenvalue weighted by atomic mass is 10.3. The molecule has 0 atom stereocenters. The van der Waals surface area contributed by atoms with E-state index in [-0.39, 0.29) is 0 Å². The van der Waals surface area contributed by atoms with E-state index >= 15 is 0 Å². The first-order valence-corrected chi connectivity index (χ1v) is 6.87. The van der Waals surface area contributed by atoms with E-state index in [1.807, 2.05) is 31.2 Å². The lowest BCUT2D eigenvalue weighted by molar-refractivity contribution is 1.25. The Morgan fingerprint density at radius 3 is 2.71 bits per heavy atom. The Morgan fingerprint density at radius 2 is 2.00 bits per heavy atom. The van der Waals surface area contributed by atoms with E-state index in [1.165, 1.54) is 0 Å². The molecule has 2 aromatic rings. The average molecular weight is 376 g/mol. The molecule has 1 heterocycles. The Hall–Kier alpha value is -0.580. The fourth-order valence-corrected chi connectivity index (χ4v) is 2.08. The summed E-state index contributed by atoms with van der Waals surface area (Å²) in [6, 6.07) is 7.61. The van der Waals surface area contributed by atoms with Crippen molar-refractivity contribution in [2.75, 3.05) is 5.32 Å². The van der Waals surface area contributed by atoms with Crippen LogP contribution in [0.4, 0.5) is 11.5 Å². The molecule has 2 nitrogen and oxygen atoms in total. The number of nitrogens with zero attached hydrogens (tertiary/aromatic N) is 1. The van der Waals surface area contributed by atoms with Crippen molar-refractivity contribution in [2.24, 2.45) is 0 Å². The molecule has 17 heavy (non-hydrogen) atoms. The number of benzene rings is 1. The summed E-state index contributed by atoms with van der Waals surface area (Å²) in [6.07, 6.45) is 1.77. The topological polar surface area (TPSA) is 24.9 Å². The van der Waals surface area contributed by atoms with Crippen LogP contribution in [0.1, 0.15) is 5.56 Å². The van der Waals surface area contributed by atoms with E-state index in [0.717, 1.165) is 26.0 Å². The van der Waals surface area contributed by atoms with Crippen molar-refractivity contribution in [3.63, 3.8) is 0 Å². The minimum absolute atomic E-state index is 0.663. The molecule has 1 N–H and O–H groups in total. The zero-order valence-corrected chi connectivity index (χ0v) is 12.9. The minimum Gasteiger partial charge on any atom is -0.339 e. The first-order chi connectivity index (χ1) is 8.06. The van der Waals surface area contributed by atoms with Gasteiger partial charge in [-0.15, -0.1) is 0 Å². The Bertz CT molecular complexity index is 558. The zero-order valence-electron chi connectivity index (χ0n) is 8.97. The molecule has 0 radical (unpaired) electrons. The predicted molar refractivity (Wildman–Crippen MR) is 79.1 cm³/mol. The van der Waals surface area contributed by atoms with E-state index in [2.05, 4.69) is 42.2 Å². The maximum Gasteiger partial charge on any atom is 0.130 e. The Labute approximate surface area is 122 Å². The van der Waals surface area contributed by atoms with Crippen molar-refractivity contribution in [1.29, 1.82) is 0 Å². The number of nitrogens with one attached hydrogen (secondary N) is 1. The second kappa shape index (κ2) is 5.38. The molecule has 0 bridgehead atoms. The summed E-state index contributed by atoms with van der Waals surface area (Å²) in [4.78, 5) is 4.27. The number of aromatic nitrogens is 1. The number of rotatable bonds is 2. The molecule has 0 saturated heterocycles. The number of pyridine rings is 1. The van der Waals surface area contributed by atoms with Crippen molar-refractivity contribution < 1.29 is 0 Å². The van der Waals surface area contributed by atoms with Crippen LogP contribution in [-0.4, -0.2) is 4.98 Å². The van der Waals surface area contributed by atoms with Gasteiger partial charge >= 0.3 is 0 Å². The first-order valence-electron chi connectivity index (χ1n) is 4.90. The fraction of sp³-hybridized carbons (Fsp3) is 0.0833. The second-order valence-corrected chi connectivity index (χ2v) is 5.75. The summed E-state index contributed by atoms with van der Waals surface area (Å²) in [6.45, 7) is 2.01. The highest BCUT2D eigenvalue weighted by atomic mass is 79.9. The van der Waals surface area contributed by atoms with E-state index in [4.69, 9.17) is 11.6 Å². The van der Waals surface area contributed by atoms with Crippen LogP contribution in [0.5, 0.6) is 0 Å². The Balaban J connectivity index is 2.31. The molecule has 0 aliphatic heterocycles. The summed E-state index contributed by atoms with van der Waals surface area (Å²) in [5, 5.41) is 3.85. The van der Waals surface area contributed by atoms with E-state index in [1.54, 1.807) is 6.20 Å². The molecule has 0 spiro atoms. The largest absolute Gasteiger partial charge is 0.339 e. The molecular formula is C12H9Br2ClN2. The molecule has 0 aliphatic carbocycles. The molecular weight excluding hydrogens is 367 g/mol. The van der Waals surface area contributed by atoms with Gasteiger partial charge in [-0.05, 0) is 52.7 Å². The normalized spacial score (nSPS) is 10.4. The quantitative estimate of drug-likeness (QED) is 0.768. The van der Waals surface area contributed by atoms with Gasteiger partial charge in [-0.2, -0.15) is 0 Å².